The van der Waals surface area contributed by atoms with Gasteiger partial charge in [0.1, 0.15) is 0 Å². The predicted octanol–water partition coefficient (Wildman–Crippen LogP) is 10.7. The summed E-state index contributed by atoms with van der Waals surface area (Å²) in [5, 5.41) is 0. The second kappa shape index (κ2) is 6.22. The van der Waals surface area contributed by atoms with Crippen LogP contribution >= 0.6 is 0 Å². The van der Waals surface area contributed by atoms with Gasteiger partial charge in [0.15, 0.2) is 0 Å². The van der Waals surface area contributed by atoms with Crippen LogP contribution in [0, 0.1) is 50.2 Å². The zero-order valence-electron chi connectivity index (χ0n) is 25.0. The first-order valence-electron chi connectivity index (χ1n) is 15.1. The summed E-state index contributed by atoms with van der Waals surface area (Å²) in [4.78, 5) is 0. The van der Waals surface area contributed by atoms with Crippen LogP contribution in [0.2, 0.25) is 12.8 Å². The first-order chi connectivity index (χ1) is 15.3. The average Bonchev–Trinajstić information content (AvgIpc) is 3.48. The van der Waals surface area contributed by atoms with Crippen molar-refractivity contribution < 1.29 is 14.1 Å². The van der Waals surface area contributed by atoms with E-state index in [1.807, 2.05) is 0 Å². The van der Waals surface area contributed by atoms with Crippen LogP contribution in [-0.4, -0.2) is 0 Å². The number of rotatable bonds is 3. The second-order valence-corrected chi connectivity index (χ2v) is 22.2. The molecule has 1 heteroatoms. The molecule has 6 aliphatic rings. The summed E-state index contributed by atoms with van der Waals surface area (Å²) in [5.41, 5.74) is 3.25. The Hall–Kier alpha value is 0.532. The topological polar surface area (TPSA) is 0 Å². The van der Waals surface area contributed by atoms with Crippen LogP contribution in [0.1, 0.15) is 141 Å². The Morgan fingerprint density at radius 3 is 0.824 bits per heavy atom. The zero-order valence-corrected chi connectivity index (χ0v) is 26.3. The summed E-state index contributed by atoms with van der Waals surface area (Å²) < 4.78 is 1.92. The van der Waals surface area contributed by atoms with E-state index in [0.717, 1.165) is 17.8 Å². The Bertz CT molecular complexity index is 810. The van der Waals surface area contributed by atoms with E-state index in [4.69, 9.17) is 0 Å². The Labute approximate surface area is 217 Å². The molecule has 195 valence electrons. The average molecular weight is 506 g/mol. The van der Waals surface area contributed by atoms with Crippen LogP contribution in [0.25, 0.3) is 0 Å². The van der Waals surface area contributed by atoms with E-state index >= 15 is 0 Å². The molecule has 9 unspecified atom stereocenters. The van der Waals surface area contributed by atoms with Crippen molar-refractivity contribution >= 4 is 0 Å². The number of fused-ring (bicyclic) bond motifs is 6. The molecule has 6 saturated carbocycles. The molecule has 0 aromatic rings. The molecule has 9 atom stereocenters. The van der Waals surface area contributed by atoms with Crippen molar-refractivity contribution in [2.75, 3.05) is 0 Å². The fraction of sp³-hybridized carbons (Fsp3) is 1.00. The van der Waals surface area contributed by atoms with Gasteiger partial charge in [0, 0.05) is 0 Å². The summed E-state index contributed by atoms with van der Waals surface area (Å²) in [6.45, 7) is 32.9. The van der Waals surface area contributed by atoms with Crippen LogP contribution in [0.4, 0.5) is 0 Å². The summed E-state index contributed by atoms with van der Waals surface area (Å²) in [6, 6.07) is 0. The molecule has 6 aliphatic carbocycles. The van der Waals surface area contributed by atoms with Crippen LogP contribution in [0.3, 0.4) is 0 Å². The van der Waals surface area contributed by atoms with Crippen molar-refractivity contribution in [3.63, 3.8) is 0 Å². The molecule has 0 nitrogen and oxygen atoms in total. The van der Waals surface area contributed by atoms with Crippen molar-refractivity contribution in [3.8, 4) is 0 Å². The van der Waals surface area contributed by atoms with Crippen LogP contribution in [0.5, 0.6) is 0 Å². The van der Waals surface area contributed by atoms with E-state index in [9.17, 15) is 0 Å². The monoisotopic (exact) mass is 505 g/mol. The van der Waals surface area contributed by atoms with Gasteiger partial charge in [-0.3, -0.25) is 0 Å². The zero-order chi connectivity index (χ0) is 25.2. The molecule has 6 fully saturated rings. The molecular weight excluding hydrogens is 448 g/mol. The van der Waals surface area contributed by atoms with Crippen molar-refractivity contribution in [1.82, 2.24) is 0 Å². The van der Waals surface area contributed by atoms with Crippen LogP contribution < -0.4 is 0 Å². The number of hydrogen-bond acceptors (Lipinski definition) is 0. The Morgan fingerprint density at radius 2 is 0.647 bits per heavy atom. The fourth-order valence-corrected chi connectivity index (χ4v) is 23.4. The van der Waals surface area contributed by atoms with Crippen molar-refractivity contribution in [1.29, 1.82) is 0 Å². The van der Waals surface area contributed by atoms with E-state index in [2.05, 4.69) is 83.1 Å². The van der Waals surface area contributed by atoms with Gasteiger partial charge in [-0.1, -0.05) is 0 Å². The molecule has 0 radical (unpaired) electrons. The van der Waals surface area contributed by atoms with Gasteiger partial charge in [0.2, 0.25) is 0 Å². The summed E-state index contributed by atoms with van der Waals surface area (Å²) >= 11 is -1.08. The minimum absolute atomic E-state index is 0.496. The molecule has 34 heavy (non-hydrogen) atoms. The van der Waals surface area contributed by atoms with Crippen molar-refractivity contribution in [3.05, 3.63) is 0 Å². The summed E-state index contributed by atoms with van der Waals surface area (Å²) in [6.07, 6.45) is 14.0. The molecular formula is C33H57Cr. The van der Waals surface area contributed by atoms with Crippen LogP contribution in [0.15, 0.2) is 0 Å². The Balaban J connectivity index is 1.65. The van der Waals surface area contributed by atoms with E-state index in [-0.39, 0.29) is 0 Å². The van der Waals surface area contributed by atoms with Gasteiger partial charge in [-0.15, -0.1) is 0 Å². The standard InChI is InChI=1S/3C11H19.Cr/c3*1-8-10(2,3)9-5-6-11(8,4)7-9;/h3*8H,5-7H2,1-4H3;. The van der Waals surface area contributed by atoms with Crippen molar-refractivity contribution in [2.45, 2.75) is 154 Å². The molecule has 6 rings (SSSR count). The molecule has 0 aromatic heterocycles. The molecule has 0 heterocycles. The maximum absolute atomic E-state index is 2.78. The van der Waals surface area contributed by atoms with Gasteiger partial charge in [0.25, 0.3) is 0 Å². The SMILES string of the molecule is CC1C2(C)CC[C]([Cr]([C]34CCC(C)(C3)C(C)C4(C)C)[C]34CCC(C)(C3)C(C)C4(C)C)(C2)C1(C)C. The molecule has 6 bridgehead atoms. The van der Waals surface area contributed by atoms with Crippen molar-refractivity contribution in [2.24, 2.45) is 50.2 Å². The first-order valence-corrected chi connectivity index (χ1v) is 17.0. The molecule has 0 saturated heterocycles. The normalized spacial score (nSPS) is 60.1. The molecule has 0 N–H and O–H groups in total. The molecule has 0 aliphatic heterocycles. The van der Waals surface area contributed by atoms with Crippen LogP contribution in [-0.2, 0) is 14.1 Å². The van der Waals surface area contributed by atoms with Gasteiger partial charge < -0.3 is 0 Å². The van der Waals surface area contributed by atoms with E-state index in [1.165, 1.54) is 19.3 Å². The van der Waals surface area contributed by atoms with Gasteiger partial charge >= 0.3 is 218 Å². The van der Waals surface area contributed by atoms with Gasteiger partial charge in [-0.2, -0.15) is 0 Å². The third kappa shape index (κ3) is 2.23. The van der Waals surface area contributed by atoms with E-state index in [0.29, 0.717) is 45.3 Å². The second-order valence-electron chi connectivity index (χ2n) is 17.6. The summed E-state index contributed by atoms with van der Waals surface area (Å²) in [5.74, 6) is 2.62. The Kier molecular flexibility index (Phi) is 4.55. The number of hydrogen-bond donors (Lipinski definition) is 0. The minimum atomic E-state index is -1.08. The third-order valence-corrected chi connectivity index (χ3v) is 24.2. The van der Waals surface area contributed by atoms with Gasteiger partial charge in [-0.05, 0) is 0 Å². The first kappa shape index (κ1) is 24.8. The third-order valence-electron chi connectivity index (χ3n) is 16.4. The quantitative estimate of drug-likeness (QED) is 0.358. The summed E-state index contributed by atoms with van der Waals surface area (Å²) in [7, 11) is 0. The Morgan fingerprint density at radius 1 is 0.412 bits per heavy atom. The molecule has 0 aromatic carbocycles. The fourth-order valence-electron chi connectivity index (χ4n) is 12.9. The predicted molar refractivity (Wildman–Crippen MR) is 143 cm³/mol. The van der Waals surface area contributed by atoms with Gasteiger partial charge in [-0.25, -0.2) is 0 Å². The maximum atomic E-state index is 2.78. The van der Waals surface area contributed by atoms with E-state index in [1.54, 1.807) is 38.5 Å². The van der Waals surface area contributed by atoms with Gasteiger partial charge in [0.05, 0.1) is 0 Å². The van der Waals surface area contributed by atoms with E-state index < -0.39 is 14.1 Å². The molecule has 0 spiro atoms. The molecule has 0 amide bonds.